The number of nitrogens with one attached hydrogen (secondary N) is 1. The van der Waals surface area contributed by atoms with E-state index < -0.39 is 23.9 Å². The maximum absolute atomic E-state index is 12.6. The van der Waals surface area contributed by atoms with Crippen LogP contribution in [0.2, 0.25) is 0 Å². The Morgan fingerprint density at radius 1 is 1.45 bits per heavy atom. The Labute approximate surface area is 127 Å². The van der Waals surface area contributed by atoms with E-state index in [2.05, 4.69) is 10.1 Å². The number of ether oxygens (including phenoxy) is 1. The van der Waals surface area contributed by atoms with Gasteiger partial charge in [-0.2, -0.15) is 0 Å². The van der Waals surface area contributed by atoms with Crippen LogP contribution in [-0.4, -0.2) is 40.7 Å². The molecule has 0 saturated heterocycles. The summed E-state index contributed by atoms with van der Waals surface area (Å²) in [5.74, 6) is -2.32. The van der Waals surface area contributed by atoms with Crippen molar-refractivity contribution in [3.05, 3.63) is 23.5 Å². The predicted octanol–water partition coefficient (Wildman–Crippen LogP) is 0.916. The van der Waals surface area contributed by atoms with Crippen molar-refractivity contribution in [1.82, 2.24) is 9.88 Å². The lowest BCUT2D eigenvalue weighted by Crippen LogP contribution is -2.44. The Balaban J connectivity index is 1.98. The van der Waals surface area contributed by atoms with Gasteiger partial charge in [0.25, 0.3) is 0 Å². The zero-order chi connectivity index (χ0) is 15.9. The quantitative estimate of drug-likeness (QED) is 0.846. The summed E-state index contributed by atoms with van der Waals surface area (Å²) in [6, 6.07) is 1.59. The average molecular weight is 306 g/mol. The molecule has 7 heteroatoms. The summed E-state index contributed by atoms with van der Waals surface area (Å²) in [6.45, 7) is 0.290. The van der Waals surface area contributed by atoms with Gasteiger partial charge in [0, 0.05) is 30.9 Å². The zero-order valence-corrected chi connectivity index (χ0v) is 12.2. The van der Waals surface area contributed by atoms with Gasteiger partial charge < -0.3 is 19.7 Å². The van der Waals surface area contributed by atoms with E-state index in [9.17, 15) is 19.5 Å². The molecule has 1 aromatic heterocycles. The first-order chi connectivity index (χ1) is 10.5. The summed E-state index contributed by atoms with van der Waals surface area (Å²) in [7, 11) is 1.28. The Hall–Kier alpha value is -2.31. The number of methoxy groups -OCH3 is 1. The lowest BCUT2D eigenvalue weighted by molar-refractivity contribution is -0.144. The van der Waals surface area contributed by atoms with Gasteiger partial charge in [-0.1, -0.05) is 0 Å². The van der Waals surface area contributed by atoms with Gasteiger partial charge in [-0.25, -0.2) is 4.79 Å². The van der Waals surface area contributed by atoms with Gasteiger partial charge in [-0.05, 0) is 24.5 Å². The Kier molecular flexibility index (Phi) is 3.64. The second-order valence-corrected chi connectivity index (χ2v) is 5.84. The smallest absolute Gasteiger partial charge is 0.407 e. The first kappa shape index (κ1) is 14.6. The van der Waals surface area contributed by atoms with Crippen LogP contribution in [0.5, 0.6) is 0 Å². The van der Waals surface area contributed by atoms with Gasteiger partial charge in [-0.3, -0.25) is 9.59 Å². The molecule has 1 aromatic rings. The number of carboxylic acids is 1. The Morgan fingerprint density at radius 3 is 2.91 bits per heavy atom. The molecular weight excluding hydrogens is 288 g/mol. The monoisotopic (exact) mass is 306 g/mol. The van der Waals surface area contributed by atoms with Gasteiger partial charge in [0.2, 0.25) is 0 Å². The van der Waals surface area contributed by atoms with Crippen LogP contribution in [0.3, 0.4) is 0 Å². The second-order valence-electron chi connectivity index (χ2n) is 5.84. The number of carbonyl (C=O) groups excluding carboxylic acids is 2. The Bertz CT molecular complexity index is 636. The minimum atomic E-state index is -0.966. The number of ketones is 1. The first-order valence-corrected chi connectivity index (χ1v) is 7.29. The molecule has 3 unspecified atom stereocenters. The molecule has 0 radical (unpaired) electrons. The van der Waals surface area contributed by atoms with Gasteiger partial charge >= 0.3 is 12.1 Å². The maximum Gasteiger partial charge on any atom is 0.407 e. The SMILES string of the molecule is COC(=O)NC1CCc2ccn3c2C1C(=O)CC(C(=O)O)C3. The minimum Gasteiger partial charge on any atom is -0.481 e. The highest BCUT2D eigenvalue weighted by Gasteiger charge is 2.42. The van der Waals surface area contributed by atoms with Crippen molar-refractivity contribution in [2.24, 2.45) is 5.92 Å². The summed E-state index contributed by atoms with van der Waals surface area (Å²) < 4.78 is 6.48. The molecule has 2 aliphatic rings. The highest BCUT2D eigenvalue weighted by Crippen LogP contribution is 2.37. The number of hydrogen-bond acceptors (Lipinski definition) is 4. The van der Waals surface area contributed by atoms with E-state index in [4.69, 9.17) is 0 Å². The van der Waals surface area contributed by atoms with Crippen LogP contribution in [0.15, 0.2) is 12.3 Å². The van der Waals surface area contributed by atoms with Gasteiger partial charge in [0.05, 0.1) is 18.9 Å². The van der Waals surface area contributed by atoms with Crippen molar-refractivity contribution in [1.29, 1.82) is 0 Å². The molecule has 3 atom stereocenters. The number of rotatable bonds is 2. The summed E-state index contributed by atoms with van der Waals surface area (Å²) >= 11 is 0. The molecule has 0 aromatic carbocycles. The number of hydrogen-bond donors (Lipinski definition) is 2. The maximum atomic E-state index is 12.6. The number of Topliss-reactive ketones (excluding diaryl/α,β-unsaturated/α-hetero) is 1. The summed E-state index contributed by atoms with van der Waals surface area (Å²) in [4.78, 5) is 35.5. The number of carboxylic acid groups (broad SMARTS) is 1. The van der Waals surface area contributed by atoms with Crippen LogP contribution in [0, 0.1) is 5.92 Å². The molecule has 7 nitrogen and oxygen atoms in total. The molecule has 0 saturated carbocycles. The van der Waals surface area contributed by atoms with Gasteiger partial charge in [0.1, 0.15) is 5.78 Å². The molecule has 3 rings (SSSR count). The molecule has 2 N–H and O–H groups in total. The van der Waals surface area contributed by atoms with Gasteiger partial charge in [-0.15, -0.1) is 0 Å². The van der Waals surface area contributed by atoms with Gasteiger partial charge in [0.15, 0.2) is 0 Å². The summed E-state index contributed by atoms with van der Waals surface area (Å²) in [5, 5.41) is 12.0. The van der Waals surface area contributed by atoms with Crippen LogP contribution in [0.1, 0.15) is 30.0 Å². The summed E-state index contributed by atoms with van der Waals surface area (Å²) in [5.41, 5.74) is 1.91. The van der Waals surface area contributed by atoms with Crippen molar-refractivity contribution in [3.8, 4) is 0 Å². The first-order valence-electron chi connectivity index (χ1n) is 7.29. The minimum absolute atomic E-state index is 0.0134. The van der Waals surface area contributed by atoms with Crippen LogP contribution in [0.25, 0.3) is 0 Å². The molecule has 1 aliphatic carbocycles. The lowest BCUT2D eigenvalue weighted by Gasteiger charge is -2.31. The largest absolute Gasteiger partial charge is 0.481 e. The second kappa shape index (κ2) is 5.47. The number of aryl methyl sites for hydroxylation is 1. The topological polar surface area (TPSA) is 97.6 Å². The molecule has 118 valence electrons. The highest BCUT2D eigenvalue weighted by molar-refractivity contribution is 5.91. The van der Waals surface area contributed by atoms with Crippen molar-refractivity contribution >= 4 is 17.8 Å². The third-order valence-electron chi connectivity index (χ3n) is 4.57. The average Bonchev–Trinajstić information content (AvgIpc) is 2.81. The fraction of sp³-hybridized carbons (Fsp3) is 0.533. The van der Waals surface area contributed by atoms with Crippen LogP contribution in [-0.2, 0) is 27.3 Å². The van der Waals surface area contributed by atoms with Crippen LogP contribution < -0.4 is 5.32 Å². The molecule has 2 heterocycles. The van der Waals surface area contributed by atoms with Crippen LogP contribution in [0.4, 0.5) is 4.79 Å². The molecule has 1 amide bonds. The molecule has 0 fully saturated rings. The number of amides is 1. The number of aromatic nitrogens is 1. The molecular formula is C15H18N2O5. The predicted molar refractivity (Wildman–Crippen MR) is 75.6 cm³/mol. The number of aliphatic carboxylic acids is 1. The fourth-order valence-electron chi connectivity index (χ4n) is 3.53. The fourth-order valence-corrected chi connectivity index (χ4v) is 3.53. The number of alkyl carbamates (subject to hydrolysis) is 1. The molecule has 22 heavy (non-hydrogen) atoms. The van der Waals surface area contributed by atoms with E-state index in [1.807, 2.05) is 16.8 Å². The zero-order valence-electron chi connectivity index (χ0n) is 12.2. The third-order valence-corrected chi connectivity index (χ3v) is 4.57. The van der Waals surface area contributed by atoms with Crippen molar-refractivity contribution in [3.63, 3.8) is 0 Å². The highest BCUT2D eigenvalue weighted by atomic mass is 16.5. The lowest BCUT2D eigenvalue weighted by atomic mass is 9.79. The van der Waals surface area contributed by atoms with Crippen molar-refractivity contribution < 1.29 is 24.2 Å². The number of carbonyl (C=O) groups is 3. The number of nitrogens with zero attached hydrogens (tertiary/aromatic N) is 1. The summed E-state index contributed by atoms with van der Waals surface area (Å²) in [6.07, 6.45) is 2.64. The molecule has 0 bridgehead atoms. The van der Waals surface area contributed by atoms with E-state index in [0.29, 0.717) is 6.42 Å². The van der Waals surface area contributed by atoms with Crippen molar-refractivity contribution in [2.75, 3.05) is 7.11 Å². The van der Waals surface area contributed by atoms with Crippen molar-refractivity contribution in [2.45, 2.75) is 37.8 Å². The van der Waals surface area contributed by atoms with E-state index in [-0.39, 0.29) is 24.8 Å². The molecule has 0 spiro atoms. The van der Waals surface area contributed by atoms with Crippen LogP contribution >= 0.6 is 0 Å². The van der Waals surface area contributed by atoms with E-state index in [1.54, 1.807) is 0 Å². The van der Waals surface area contributed by atoms with E-state index in [0.717, 1.165) is 17.7 Å². The van der Waals surface area contributed by atoms with E-state index in [1.165, 1.54) is 7.11 Å². The molecule has 1 aliphatic heterocycles. The van der Waals surface area contributed by atoms with E-state index >= 15 is 0 Å². The third kappa shape index (κ3) is 2.36. The normalized spacial score (nSPS) is 26.8. The standard InChI is InChI=1S/C15H18N2O5/c1-22-15(21)16-10-3-2-8-4-5-17-7-9(14(19)20)6-11(18)12(10)13(8)17/h4-5,9-10,12H,2-3,6-7H2,1H3,(H,16,21)(H,19,20). The Morgan fingerprint density at radius 2 is 2.23 bits per heavy atom.